The molecule has 4 heteroatoms. The molecule has 144 valence electrons. The smallest absolute Gasteiger partial charge is 0.187 e. The molecule has 0 amide bonds. The summed E-state index contributed by atoms with van der Waals surface area (Å²) in [5.41, 5.74) is 3.62. The summed E-state index contributed by atoms with van der Waals surface area (Å²) in [4.78, 5) is 27.4. The number of carbonyl (C=O) groups is 2. The Morgan fingerprint density at radius 2 is 1.66 bits per heavy atom. The number of nitrogens with zero attached hydrogens (tertiary/aromatic N) is 1. The average Bonchev–Trinajstić information content (AvgIpc) is 2.74. The van der Waals surface area contributed by atoms with E-state index in [-0.39, 0.29) is 24.1 Å². The molecule has 0 bridgehead atoms. The Labute approximate surface area is 170 Å². The molecule has 3 aromatic carbocycles. The Balaban J connectivity index is 1.68. The highest BCUT2D eigenvalue weighted by molar-refractivity contribution is 5.97. The molecule has 0 radical (unpaired) electrons. The summed E-state index contributed by atoms with van der Waals surface area (Å²) in [6.07, 6.45) is 0.0478. The predicted molar refractivity (Wildman–Crippen MR) is 113 cm³/mol. The Morgan fingerprint density at radius 3 is 2.28 bits per heavy atom. The Bertz CT molecular complexity index is 1060. The van der Waals surface area contributed by atoms with Gasteiger partial charge in [0, 0.05) is 17.5 Å². The highest BCUT2D eigenvalue weighted by atomic mass is 16.5. The van der Waals surface area contributed by atoms with E-state index in [1.54, 1.807) is 54.6 Å². The molecule has 29 heavy (non-hydrogen) atoms. The van der Waals surface area contributed by atoms with Crippen LogP contribution in [0.15, 0.2) is 72.8 Å². The number of rotatable bonds is 7. The molecule has 1 unspecified atom stereocenters. The van der Waals surface area contributed by atoms with Crippen LogP contribution in [-0.2, 0) is 6.42 Å². The molecule has 0 aliphatic carbocycles. The largest absolute Gasteiger partial charge is 0.486 e. The number of Topliss-reactive ketones (excluding diaryl/α,β-unsaturated/α-hetero) is 2. The monoisotopic (exact) mass is 383 g/mol. The normalized spacial score (nSPS) is 11.3. The molecule has 3 rings (SSSR count). The van der Waals surface area contributed by atoms with Gasteiger partial charge in [0.1, 0.15) is 11.9 Å². The first kappa shape index (κ1) is 20.0. The van der Waals surface area contributed by atoms with Gasteiger partial charge in [0.15, 0.2) is 17.3 Å². The van der Waals surface area contributed by atoms with Crippen molar-refractivity contribution in [2.75, 3.05) is 0 Å². The highest BCUT2D eigenvalue weighted by Gasteiger charge is 2.12. The second kappa shape index (κ2) is 8.99. The van der Waals surface area contributed by atoms with Gasteiger partial charge in [-0.2, -0.15) is 0 Å². The van der Waals surface area contributed by atoms with Crippen molar-refractivity contribution in [1.29, 1.82) is 0 Å². The summed E-state index contributed by atoms with van der Waals surface area (Å²) >= 11 is 0. The fraction of sp³-hybridized carbons (Fsp3) is 0.160. The minimum absolute atomic E-state index is 0.00974. The number of carbonyl (C=O) groups excluding carboxylic acids is 2. The third kappa shape index (κ3) is 5.18. The molecule has 0 fully saturated rings. The fourth-order valence-corrected chi connectivity index (χ4v) is 2.98. The van der Waals surface area contributed by atoms with E-state index < -0.39 is 0 Å². The van der Waals surface area contributed by atoms with E-state index in [9.17, 15) is 9.59 Å². The van der Waals surface area contributed by atoms with Crippen molar-refractivity contribution >= 4 is 17.3 Å². The minimum atomic E-state index is -0.220. The summed E-state index contributed by atoms with van der Waals surface area (Å²) in [5, 5.41) is 0. The highest BCUT2D eigenvalue weighted by Crippen LogP contribution is 2.24. The zero-order valence-corrected chi connectivity index (χ0v) is 16.4. The number of benzene rings is 3. The molecule has 3 aromatic rings. The second-order valence-electron chi connectivity index (χ2n) is 6.84. The lowest BCUT2D eigenvalue weighted by Gasteiger charge is -2.16. The summed E-state index contributed by atoms with van der Waals surface area (Å²) in [7, 11) is 0. The van der Waals surface area contributed by atoms with Crippen LogP contribution >= 0.6 is 0 Å². The lowest BCUT2D eigenvalue weighted by atomic mass is 10.0. The van der Waals surface area contributed by atoms with Crippen molar-refractivity contribution in [3.8, 4) is 5.75 Å². The van der Waals surface area contributed by atoms with E-state index >= 15 is 0 Å². The molecule has 0 aromatic heterocycles. The molecular weight excluding hydrogens is 362 g/mol. The summed E-state index contributed by atoms with van der Waals surface area (Å²) in [5.74, 6) is 0.631. The van der Waals surface area contributed by atoms with Gasteiger partial charge in [-0.15, -0.1) is 0 Å². The van der Waals surface area contributed by atoms with Crippen LogP contribution in [0.5, 0.6) is 5.75 Å². The molecule has 4 nitrogen and oxygen atoms in total. The molecule has 0 saturated heterocycles. The summed E-state index contributed by atoms with van der Waals surface area (Å²) in [6, 6.07) is 21.5. The fourth-order valence-electron chi connectivity index (χ4n) is 2.98. The van der Waals surface area contributed by atoms with E-state index in [1.807, 2.05) is 25.1 Å². The first-order valence-electron chi connectivity index (χ1n) is 9.33. The number of hydrogen-bond acceptors (Lipinski definition) is 3. The van der Waals surface area contributed by atoms with Gasteiger partial charge >= 0.3 is 0 Å². The Hall–Kier alpha value is -3.71. The molecule has 0 heterocycles. The maximum atomic E-state index is 12.6. The quantitative estimate of drug-likeness (QED) is 0.371. The predicted octanol–water partition coefficient (Wildman–Crippen LogP) is 6.01. The van der Waals surface area contributed by atoms with Crippen molar-refractivity contribution in [2.45, 2.75) is 26.4 Å². The first-order chi connectivity index (χ1) is 14.0. The zero-order chi connectivity index (χ0) is 20.8. The molecule has 0 spiro atoms. The van der Waals surface area contributed by atoms with Crippen LogP contribution < -0.4 is 4.74 Å². The SMILES string of the molecule is [C-]#[N+]c1ccc(CC(=O)c2cccc(OC(C)c3ccc(C(C)=O)cc3)c2)cc1. The van der Waals surface area contributed by atoms with Crippen molar-refractivity contribution < 1.29 is 14.3 Å². The van der Waals surface area contributed by atoms with E-state index in [1.165, 1.54) is 6.92 Å². The van der Waals surface area contributed by atoms with Crippen LogP contribution in [0.1, 0.15) is 51.8 Å². The Kier molecular flexibility index (Phi) is 6.21. The number of hydrogen-bond donors (Lipinski definition) is 0. The average molecular weight is 383 g/mol. The molecule has 0 aliphatic rings. The Morgan fingerprint density at radius 1 is 0.966 bits per heavy atom. The maximum absolute atomic E-state index is 12.6. The van der Waals surface area contributed by atoms with Gasteiger partial charge in [-0.1, -0.05) is 60.7 Å². The maximum Gasteiger partial charge on any atom is 0.187 e. The van der Waals surface area contributed by atoms with Crippen molar-refractivity contribution in [2.24, 2.45) is 0 Å². The van der Waals surface area contributed by atoms with Crippen LogP contribution in [0.2, 0.25) is 0 Å². The van der Waals surface area contributed by atoms with Gasteiger partial charge in [0.2, 0.25) is 0 Å². The van der Waals surface area contributed by atoms with Gasteiger partial charge in [-0.05, 0) is 37.1 Å². The van der Waals surface area contributed by atoms with Crippen LogP contribution in [0, 0.1) is 6.57 Å². The molecule has 0 N–H and O–H groups in total. The van der Waals surface area contributed by atoms with E-state index in [4.69, 9.17) is 11.3 Å². The number of ether oxygens (including phenoxy) is 1. The van der Waals surface area contributed by atoms with Gasteiger partial charge in [-0.3, -0.25) is 9.59 Å². The molecular formula is C25H21NO3. The summed E-state index contributed by atoms with van der Waals surface area (Å²) < 4.78 is 6.00. The van der Waals surface area contributed by atoms with Crippen LogP contribution in [-0.4, -0.2) is 11.6 Å². The van der Waals surface area contributed by atoms with Crippen molar-refractivity contribution in [3.63, 3.8) is 0 Å². The van der Waals surface area contributed by atoms with E-state index in [0.29, 0.717) is 22.6 Å². The van der Waals surface area contributed by atoms with Gasteiger partial charge in [0.25, 0.3) is 0 Å². The standard InChI is InChI=1S/C25H21NO3/c1-17(27)20-9-11-21(12-10-20)18(2)29-24-6-4-5-22(16-24)25(28)15-19-7-13-23(26-3)14-8-19/h4-14,16,18H,15H2,1-2H3. The van der Waals surface area contributed by atoms with Crippen LogP contribution in [0.25, 0.3) is 4.85 Å². The topological polar surface area (TPSA) is 47.7 Å². The van der Waals surface area contributed by atoms with Crippen molar-refractivity contribution in [3.05, 3.63) is 106 Å². The molecule has 0 saturated carbocycles. The zero-order valence-electron chi connectivity index (χ0n) is 16.4. The van der Waals surface area contributed by atoms with E-state index in [0.717, 1.165) is 11.1 Å². The van der Waals surface area contributed by atoms with Gasteiger partial charge in [0.05, 0.1) is 6.57 Å². The molecule has 0 aliphatic heterocycles. The third-order valence-corrected chi connectivity index (χ3v) is 4.69. The lowest BCUT2D eigenvalue weighted by Crippen LogP contribution is -2.06. The van der Waals surface area contributed by atoms with Crippen LogP contribution in [0.3, 0.4) is 0 Å². The van der Waals surface area contributed by atoms with Gasteiger partial charge < -0.3 is 4.74 Å². The minimum Gasteiger partial charge on any atom is -0.486 e. The number of ketones is 2. The first-order valence-corrected chi connectivity index (χ1v) is 9.33. The van der Waals surface area contributed by atoms with E-state index in [2.05, 4.69) is 4.85 Å². The van der Waals surface area contributed by atoms with Crippen molar-refractivity contribution in [1.82, 2.24) is 0 Å². The van der Waals surface area contributed by atoms with Crippen LogP contribution in [0.4, 0.5) is 5.69 Å². The third-order valence-electron chi connectivity index (χ3n) is 4.69. The summed E-state index contributed by atoms with van der Waals surface area (Å²) in [6.45, 7) is 10.5. The molecule has 1 atom stereocenters. The van der Waals surface area contributed by atoms with Gasteiger partial charge in [-0.25, -0.2) is 4.85 Å². The lowest BCUT2D eigenvalue weighted by molar-refractivity contribution is 0.0989. The second-order valence-corrected chi connectivity index (χ2v) is 6.84.